The van der Waals surface area contributed by atoms with E-state index in [0.717, 1.165) is 12.1 Å². The number of hydrogen-bond acceptors (Lipinski definition) is 8. The van der Waals surface area contributed by atoms with Crippen LogP contribution in [0.3, 0.4) is 0 Å². The zero-order valence-corrected chi connectivity index (χ0v) is 16.3. The molecule has 0 saturated heterocycles. The second-order valence-electron chi connectivity index (χ2n) is 3.07. The first-order chi connectivity index (χ1) is 8.17. The molecule has 0 aliphatic heterocycles. The van der Waals surface area contributed by atoms with Crippen molar-refractivity contribution in [2.24, 2.45) is 16.2 Å². The maximum Gasteiger partial charge on any atom is 1.00 e. The van der Waals surface area contributed by atoms with Crippen molar-refractivity contribution in [3.05, 3.63) is 35.9 Å². The van der Waals surface area contributed by atoms with Crippen LogP contribution in [0.15, 0.2) is 40.7 Å². The summed E-state index contributed by atoms with van der Waals surface area (Å²) in [7, 11) is -11.4. The number of rotatable bonds is 4. The fourth-order valence-electron chi connectivity index (χ4n) is 1.30. The van der Waals surface area contributed by atoms with Crippen molar-refractivity contribution in [2.45, 2.75) is 4.20 Å². The van der Waals surface area contributed by atoms with Gasteiger partial charge in [-0.1, -0.05) is 35.6 Å². The van der Waals surface area contributed by atoms with Crippen molar-refractivity contribution < 1.29 is 85.1 Å². The molecule has 0 aromatic heterocycles. The van der Waals surface area contributed by atoms with E-state index in [4.69, 9.17) is 0 Å². The van der Waals surface area contributed by atoms with Gasteiger partial charge in [0, 0.05) is 5.56 Å². The van der Waals surface area contributed by atoms with E-state index >= 15 is 0 Å². The molecule has 0 saturated carbocycles. The first-order valence-electron chi connectivity index (χ1n) is 4.25. The van der Waals surface area contributed by atoms with Gasteiger partial charge in [-0.05, 0) is 0 Å². The van der Waals surface area contributed by atoms with E-state index in [1.165, 1.54) is 18.2 Å². The molecular weight excluding hydrogens is 332 g/mol. The van der Waals surface area contributed by atoms with Crippen LogP contribution in [0.5, 0.6) is 0 Å². The van der Waals surface area contributed by atoms with Gasteiger partial charge >= 0.3 is 59.1 Å². The van der Waals surface area contributed by atoms with Crippen LogP contribution >= 0.6 is 0 Å². The fraction of sp³-hybridized carbons (Fsp3) is 0.143. The Bertz CT molecular complexity index is 629. The summed E-state index contributed by atoms with van der Waals surface area (Å²) in [6, 6.07) is 5.76. The molecule has 20 heavy (non-hydrogen) atoms. The van der Waals surface area contributed by atoms with Gasteiger partial charge in [0.05, 0.1) is 0 Å². The molecule has 13 heteroatoms. The Morgan fingerprint density at radius 1 is 0.950 bits per heavy atom. The third-order valence-corrected chi connectivity index (χ3v) is 5.22. The summed E-state index contributed by atoms with van der Waals surface area (Å²) in [5, 5.41) is 5.15. The molecule has 9 nitrogen and oxygen atoms in total. The van der Waals surface area contributed by atoms with E-state index in [0.29, 0.717) is 0 Å². The number of benzene rings is 1. The predicted octanol–water partition coefficient (Wildman–Crippen LogP) is -6.78. The van der Waals surface area contributed by atoms with Gasteiger partial charge in [0.1, 0.15) is 20.2 Å². The van der Waals surface area contributed by atoms with E-state index in [-0.39, 0.29) is 59.1 Å². The molecule has 2 N–H and O–H groups in total. The quantitative estimate of drug-likeness (QED) is 0.187. The largest absolute Gasteiger partial charge is 1.00 e. The maximum absolute atomic E-state index is 11.1. The minimum absolute atomic E-state index is 0. The van der Waals surface area contributed by atoms with Crippen LogP contribution < -0.4 is 65.0 Å². The summed E-state index contributed by atoms with van der Waals surface area (Å²) in [6.45, 7) is 0. The Morgan fingerprint density at radius 3 is 1.65 bits per heavy atom. The number of hydrogen-bond donors (Lipinski definition) is 1. The normalized spacial score (nSPS) is 12.5. The maximum atomic E-state index is 11.1. The molecular formula is C7H7N3Na2O6S2. The minimum atomic E-state index is -5.69. The summed E-state index contributed by atoms with van der Waals surface area (Å²) in [5.74, 6) is 4.60. The minimum Gasteiger partial charge on any atom is -0.745 e. The van der Waals surface area contributed by atoms with Crippen molar-refractivity contribution in [1.29, 1.82) is 0 Å². The van der Waals surface area contributed by atoms with Crippen molar-refractivity contribution in [3.8, 4) is 0 Å². The van der Waals surface area contributed by atoms with Gasteiger partial charge in [0.25, 0.3) is 4.20 Å². The van der Waals surface area contributed by atoms with Crippen LogP contribution in [0.2, 0.25) is 0 Å². The van der Waals surface area contributed by atoms with Gasteiger partial charge in [0.15, 0.2) is 0 Å². The molecule has 0 aliphatic carbocycles. The average Bonchev–Trinajstić information content (AvgIpc) is 2.23. The Kier molecular flexibility index (Phi) is 9.28. The van der Waals surface area contributed by atoms with E-state index in [9.17, 15) is 25.9 Å². The molecule has 0 spiro atoms. The van der Waals surface area contributed by atoms with E-state index in [2.05, 4.69) is 16.2 Å². The van der Waals surface area contributed by atoms with Gasteiger partial charge < -0.3 is 14.9 Å². The SMILES string of the molecule is NN=NC(c1ccccc1)(S(=O)(=O)[O-])S(=O)(=O)[O-].[Na+].[Na+]. The summed E-state index contributed by atoms with van der Waals surface area (Å²) < 4.78 is 63.3. The van der Waals surface area contributed by atoms with Crippen molar-refractivity contribution in [1.82, 2.24) is 0 Å². The molecule has 0 atom stereocenters. The van der Waals surface area contributed by atoms with Crippen LogP contribution in [0, 0.1) is 0 Å². The van der Waals surface area contributed by atoms with Gasteiger partial charge in [-0.2, -0.15) is 0 Å². The first kappa shape index (κ1) is 22.7. The third kappa shape index (κ3) is 4.22. The molecule has 1 aromatic carbocycles. The van der Waals surface area contributed by atoms with E-state index in [1.807, 2.05) is 0 Å². The Labute approximate surface area is 160 Å². The first-order valence-corrected chi connectivity index (χ1v) is 7.07. The molecule has 0 bridgehead atoms. The molecule has 0 unspecified atom stereocenters. The Hall–Kier alpha value is 0.440. The van der Waals surface area contributed by atoms with E-state index < -0.39 is 30.0 Å². The number of nitrogens with zero attached hydrogens (tertiary/aromatic N) is 2. The summed E-state index contributed by atoms with van der Waals surface area (Å²) in [4.78, 5) is 0. The Morgan fingerprint density at radius 2 is 1.35 bits per heavy atom. The van der Waals surface area contributed by atoms with Crippen molar-refractivity contribution >= 4 is 20.2 Å². The summed E-state index contributed by atoms with van der Waals surface area (Å²) >= 11 is 0. The molecule has 1 rings (SSSR count). The molecule has 0 heterocycles. The zero-order chi connectivity index (χ0) is 14.0. The van der Waals surface area contributed by atoms with Gasteiger partial charge in [0.2, 0.25) is 0 Å². The van der Waals surface area contributed by atoms with Crippen LogP contribution in [-0.4, -0.2) is 25.9 Å². The zero-order valence-electron chi connectivity index (χ0n) is 10.6. The van der Waals surface area contributed by atoms with Gasteiger partial charge in [-0.15, -0.1) is 5.11 Å². The summed E-state index contributed by atoms with van der Waals surface area (Å²) in [5.41, 5.74) is -0.649. The monoisotopic (exact) mass is 339 g/mol. The fourth-order valence-corrected chi connectivity index (χ4v) is 3.44. The predicted molar refractivity (Wildman–Crippen MR) is 56.6 cm³/mol. The van der Waals surface area contributed by atoms with Crippen molar-refractivity contribution in [3.63, 3.8) is 0 Å². The molecule has 100 valence electrons. The second kappa shape index (κ2) is 8.17. The van der Waals surface area contributed by atoms with Gasteiger partial charge in [-0.3, -0.25) is 0 Å². The molecule has 1 aromatic rings. The third-order valence-electron chi connectivity index (χ3n) is 2.01. The van der Waals surface area contributed by atoms with Crippen LogP contribution in [-0.2, 0) is 24.4 Å². The van der Waals surface area contributed by atoms with Crippen LogP contribution in [0.4, 0.5) is 0 Å². The molecule has 0 amide bonds. The smallest absolute Gasteiger partial charge is 0.745 e. The standard InChI is InChI=1S/C7H9N3O6S2.2Na/c8-10-9-7(17(11,12)13,18(14,15)16)6-4-2-1-3-5-6;;/h1-5H,(H2,8,9)(H,11,12,13)(H,14,15,16);;/q;2*+1/p-2. The van der Waals surface area contributed by atoms with Crippen molar-refractivity contribution in [2.75, 3.05) is 0 Å². The number of nitrogens with two attached hydrogens (primary N) is 1. The average molecular weight is 339 g/mol. The molecule has 0 fully saturated rings. The Balaban J connectivity index is 0. The second-order valence-corrected chi connectivity index (χ2v) is 6.33. The molecule has 0 radical (unpaired) electrons. The topological polar surface area (TPSA) is 165 Å². The molecule has 0 aliphatic rings. The van der Waals surface area contributed by atoms with Gasteiger partial charge in [-0.25, -0.2) is 16.8 Å². The van der Waals surface area contributed by atoms with E-state index in [1.54, 1.807) is 0 Å². The van der Waals surface area contributed by atoms with Crippen LogP contribution in [0.25, 0.3) is 0 Å². The summed E-state index contributed by atoms with van der Waals surface area (Å²) in [6.07, 6.45) is 0. The van der Waals surface area contributed by atoms with Crippen LogP contribution in [0.1, 0.15) is 5.56 Å².